The van der Waals surface area contributed by atoms with Crippen LogP contribution in [0.5, 0.6) is 0 Å². The molecule has 6 heteroatoms. The second-order valence-electron chi connectivity index (χ2n) is 6.22. The van der Waals surface area contributed by atoms with Gasteiger partial charge in [-0.15, -0.1) is 0 Å². The summed E-state index contributed by atoms with van der Waals surface area (Å²) in [5.41, 5.74) is 1.89. The molecule has 3 heterocycles. The monoisotopic (exact) mass is 311 g/mol. The summed E-state index contributed by atoms with van der Waals surface area (Å²) in [6.07, 6.45) is 11.4. The summed E-state index contributed by atoms with van der Waals surface area (Å²) in [4.78, 5) is 12.3. The van der Waals surface area contributed by atoms with Crippen LogP contribution in [0, 0.1) is 0 Å². The first-order valence-electron chi connectivity index (χ1n) is 8.34. The Morgan fingerprint density at radius 2 is 2.26 bits per heavy atom. The maximum atomic E-state index is 5.43. The van der Waals surface area contributed by atoms with Crippen molar-refractivity contribution < 1.29 is 4.52 Å². The normalized spacial score (nSPS) is 14.5. The molecular weight excluding hydrogens is 290 g/mol. The molecule has 0 unspecified atom stereocenters. The summed E-state index contributed by atoms with van der Waals surface area (Å²) in [6, 6.07) is 2.07. The van der Waals surface area contributed by atoms with Crippen LogP contribution in [0.15, 0.2) is 29.2 Å². The molecule has 0 atom stereocenters. The highest BCUT2D eigenvalue weighted by molar-refractivity contribution is 5.49. The van der Waals surface area contributed by atoms with Crippen molar-refractivity contribution in [3.05, 3.63) is 41.9 Å². The van der Waals surface area contributed by atoms with Gasteiger partial charge in [0, 0.05) is 30.8 Å². The van der Waals surface area contributed by atoms with Crippen LogP contribution in [-0.2, 0) is 13.0 Å². The highest BCUT2D eigenvalue weighted by atomic mass is 16.5. The van der Waals surface area contributed by atoms with E-state index in [-0.39, 0.29) is 0 Å². The van der Waals surface area contributed by atoms with Gasteiger partial charge in [-0.1, -0.05) is 18.5 Å². The fourth-order valence-corrected chi connectivity index (χ4v) is 2.77. The molecule has 1 saturated carbocycles. The number of nitrogens with zero attached hydrogens (tertiary/aromatic N) is 4. The number of rotatable bonds is 7. The van der Waals surface area contributed by atoms with Crippen molar-refractivity contribution in [1.29, 1.82) is 0 Å². The van der Waals surface area contributed by atoms with E-state index < -0.39 is 0 Å². The van der Waals surface area contributed by atoms with Crippen molar-refractivity contribution in [2.24, 2.45) is 0 Å². The quantitative estimate of drug-likeness (QED) is 0.724. The van der Waals surface area contributed by atoms with E-state index in [1.165, 1.54) is 19.3 Å². The first kappa shape index (κ1) is 14.2. The Balaban J connectivity index is 1.51. The molecule has 6 nitrogen and oxygen atoms in total. The number of hydrogen-bond donors (Lipinski definition) is 1. The van der Waals surface area contributed by atoms with Crippen LogP contribution in [0.3, 0.4) is 0 Å². The zero-order valence-corrected chi connectivity index (χ0v) is 13.3. The Labute approximate surface area is 134 Å². The number of imidazole rings is 2. The molecule has 0 aliphatic heterocycles. The fraction of sp³-hybridized carbons (Fsp3) is 0.471. The van der Waals surface area contributed by atoms with E-state index in [1.807, 2.05) is 18.6 Å². The van der Waals surface area contributed by atoms with Crippen molar-refractivity contribution in [1.82, 2.24) is 24.7 Å². The van der Waals surface area contributed by atoms with Gasteiger partial charge in [0.1, 0.15) is 23.0 Å². The summed E-state index contributed by atoms with van der Waals surface area (Å²) in [5.74, 6) is 3.52. The Kier molecular flexibility index (Phi) is 3.73. The van der Waals surface area contributed by atoms with E-state index in [4.69, 9.17) is 4.52 Å². The molecule has 1 aliphatic rings. The molecule has 1 N–H and O–H groups in total. The maximum absolute atomic E-state index is 5.43. The summed E-state index contributed by atoms with van der Waals surface area (Å²) in [6.45, 7) is 2.85. The lowest BCUT2D eigenvalue weighted by Gasteiger charge is -2.03. The van der Waals surface area contributed by atoms with Gasteiger partial charge in [-0.3, -0.25) is 0 Å². The number of aryl methyl sites for hydroxylation is 1. The molecule has 0 amide bonds. The molecular formula is C17H21N5O. The third kappa shape index (κ3) is 3.06. The molecule has 0 saturated heterocycles. The zero-order valence-electron chi connectivity index (χ0n) is 13.3. The lowest BCUT2D eigenvalue weighted by molar-refractivity contribution is 0.377. The summed E-state index contributed by atoms with van der Waals surface area (Å²) < 4.78 is 7.50. The largest absolute Gasteiger partial charge is 0.361 e. The van der Waals surface area contributed by atoms with Gasteiger partial charge in [-0.25, -0.2) is 9.97 Å². The van der Waals surface area contributed by atoms with Crippen molar-refractivity contribution in [3.8, 4) is 11.5 Å². The first-order chi connectivity index (χ1) is 11.3. The van der Waals surface area contributed by atoms with Gasteiger partial charge in [0.05, 0.1) is 12.7 Å². The molecule has 0 aromatic carbocycles. The minimum absolute atomic E-state index is 0.590. The summed E-state index contributed by atoms with van der Waals surface area (Å²) in [5, 5.41) is 4.18. The molecule has 0 spiro atoms. The van der Waals surface area contributed by atoms with E-state index in [9.17, 15) is 0 Å². The molecule has 120 valence electrons. The first-order valence-corrected chi connectivity index (χ1v) is 8.34. The van der Waals surface area contributed by atoms with Crippen molar-refractivity contribution in [2.45, 2.75) is 51.5 Å². The number of unbranched alkanes of at least 4 members (excludes halogenated alkanes) is 1. The number of nitrogens with one attached hydrogen (secondary N) is 1. The van der Waals surface area contributed by atoms with E-state index in [0.717, 1.165) is 41.6 Å². The molecule has 0 bridgehead atoms. The van der Waals surface area contributed by atoms with Crippen LogP contribution >= 0.6 is 0 Å². The average Bonchev–Trinajstić information content (AvgIpc) is 2.98. The van der Waals surface area contributed by atoms with E-state index in [0.29, 0.717) is 12.5 Å². The smallest absolute Gasteiger partial charge is 0.158 e. The summed E-state index contributed by atoms with van der Waals surface area (Å²) >= 11 is 0. The minimum atomic E-state index is 0.590. The van der Waals surface area contributed by atoms with Crippen LogP contribution in [0.25, 0.3) is 11.5 Å². The Hall–Kier alpha value is -2.37. The van der Waals surface area contributed by atoms with Gasteiger partial charge >= 0.3 is 0 Å². The SMILES string of the molecule is CCCCc1ncc(-c2nccn2Cc2cc(C3CC3)on2)[nH]1. The predicted octanol–water partition coefficient (Wildman–Crippen LogP) is 3.53. The molecule has 3 aromatic rings. The van der Waals surface area contributed by atoms with Crippen molar-refractivity contribution in [2.75, 3.05) is 0 Å². The molecule has 4 rings (SSSR count). The minimum Gasteiger partial charge on any atom is -0.361 e. The lowest BCUT2D eigenvalue weighted by atomic mass is 10.2. The van der Waals surface area contributed by atoms with Gasteiger partial charge in [-0.05, 0) is 19.3 Å². The van der Waals surface area contributed by atoms with Crippen LogP contribution < -0.4 is 0 Å². The molecule has 3 aromatic heterocycles. The van der Waals surface area contributed by atoms with Crippen LogP contribution in [0.4, 0.5) is 0 Å². The Bertz CT molecular complexity index is 780. The highest BCUT2D eigenvalue weighted by Gasteiger charge is 2.27. The molecule has 23 heavy (non-hydrogen) atoms. The third-order valence-electron chi connectivity index (χ3n) is 4.24. The number of aromatic nitrogens is 5. The van der Waals surface area contributed by atoms with Crippen molar-refractivity contribution in [3.63, 3.8) is 0 Å². The maximum Gasteiger partial charge on any atom is 0.158 e. The van der Waals surface area contributed by atoms with Gasteiger partial charge in [0.25, 0.3) is 0 Å². The molecule has 1 aliphatic carbocycles. The predicted molar refractivity (Wildman–Crippen MR) is 86.0 cm³/mol. The van der Waals surface area contributed by atoms with Crippen LogP contribution in [-0.4, -0.2) is 24.7 Å². The van der Waals surface area contributed by atoms with Gasteiger partial charge in [0.2, 0.25) is 0 Å². The van der Waals surface area contributed by atoms with Gasteiger partial charge in [-0.2, -0.15) is 0 Å². The van der Waals surface area contributed by atoms with E-state index in [1.54, 1.807) is 0 Å². The fourth-order valence-electron chi connectivity index (χ4n) is 2.77. The second kappa shape index (κ2) is 6.02. The van der Waals surface area contributed by atoms with Crippen molar-refractivity contribution >= 4 is 0 Å². The van der Waals surface area contributed by atoms with E-state index in [2.05, 4.69) is 37.7 Å². The highest BCUT2D eigenvalue weighted by Crippen LogP contribution is 2.40. The number of H-pyrrole nitrogens is 1. The Morgan fingerprint density at radius 3 is 3.09 bits per heavy atom. The van der Waals surface area contributed by atoms with Crippen LogP contribution in [0.1, 0.15) is 55.8 Å². The second-order valence-corrected chi connectivity index (χ2v) is 6.22. The lowest BCUT2D eigenvalue weighted by Crippen LogP contribution is -2.01. The Morgan fingerprint density at radius 1 is 1.35 bits per heavy atom. The standard InChI is InChI=1S/C17H21N5O/c1-2-3-4-16-19-10-14(20-16)17-18-7-8-22(17)11-13-9-15(23-21-13)12-5-6-12/h7-10,12H,2-6,11H2,1H3,(H,19,20). The van der Waals surface area contributed by atoms with Gasteiger partial charge < -0.3 is 14.1 Å². The topological polar surface area (TPSA) is 72.5 Å². The van der Waals surface area contributed by atoms with Gasteiger partial charge in [0.15, 0.2) is 5.82 Å². The molecule has 0 radical (unpaired) electrons. The number of aromatic amines is 1. The third-order valence-corrected chi connectivity index (χ3v) is 4.24. The summed E-state index contributed by atoms with van der Waals surface area (Å²) in [7, 11) is 0. The number of hydrogen-bond acceptors (Lipinski definition) is 4. The average molecular weight is 311 g/mol. The molecule has 1 fully saturated rings. The van der Waals surface area contributed by atoms with E-state index >= 15 is 0 Å². The zero-order chi connectivity index (χ0) is 15.6. The van der Waals surface area contributed by atoms with Crippen LogP contribution in [0.2, 0.25) is 0 Å².